The van der Waals surface area contributed by atoms with Gasteiger partial charge < -0.3 is 9.47 Å². The highest BCUT2D eigenvalue weighted by Crippen LogP contribution is 2.28. The number of hydrogen-bond donors (Lipinski definition) is 0. The Kier molecular flexibility index (Phi) is 6.02. The maximum Gasteiger partial charge on any atom is 0.331 e. The first-order valence-corrected chi connectivity index (χ1v) is 9.30. The SMILES string of the molecule is CCOC(=O)C(Sc1nnnn1-c1cccc2ccccc12)C(=O)OCC. The Morgan fingerprint density at radius 3 is 2.41 bits per heavy atom. The molecule has 0 saturated heterocycles. The molecule has 0 aliphatic rings. The summed E-state index contributed by atoms with van der Waals surface area (Å²) in [6.45, 7) is 3.66. The molecule has 0 N–H and O–H groups in total. The molecule has 0 atom stereocenters. The fourth-order valence-electron chi connectivity index (χ4n) is 2.53. The second-order valence-corrected chi connectivity index (χ2v) is 6.45. The lowest BCUT2D eigenvalue weighted by Crippen LogP contribution is -2.31. The van der Waals surface area contributed by atoms with Crippen molar-refractivity contribution in [3.63, 3.8) is 0 Å². The summed E-state index contributed by atoms with van der Waals surface area (Å²) in [6, 6.07) is 13.5. The minimum Gasteiger partial charge on any atom is -0.465 e. The number of hydrogen-bond acceptors (Lipinski definition) is 8. The molecule has 0 fully saturated rings. The van der Waals surface area contributed by atoms with Gasteiger partial charge in [0.15, 0.2) is 0 Å². The molecule has 8 nitrogen and oxygen atoms in total. The molecule has 0 radical (unpaired) electrons. The second kappa shape index (κ2) is 8.63. The molecule has 3 rings (SSSR count). The number of carbonyl (C=O) groups excluding carboxylic acids is 2. The first-order chi connectivity index (χ1) is 13.2. The van der Waals surface area contributed by atoms with Gasteiger partial charge in [-0.05, 0) is 35.7 Å². The highest BCUT2D eigenvalue weighted by Gasteiger charge is 2.33. The third-order valence-electron chi connectivity index (χ3n) is 3.66. The van der Waals surface area contributed by atoms with E-state index in [0.717, 1.165) is 28.2 Å². The van der Waals surface area contributed by atoms with Crippen LogP contribution in [0.3, 0.4) is 0 Å². The van der Waals surface area contributed by atoms with E-state index >= 15 is 0 Å². The van der Waals surface area contributed by atoms with Crippen molar-refractivity contribution in [1.82, 2.24) is 20.2 Å². The van der Waals surface area contributed by atoms with Crippen LogP contribution in [0.5, 0.6) is 0 Å². The van der Waals surface area contributed by atoms with Gasteiger partial charge in [0.05, 0.1) is 18.9 Å². The Labute approximate surface area is 159 Å². The van der Waals surface area contributed by atoms with Gasteiger partial charge in [0, 0.05) is 5.39 Å². The molecule has 0 spiro atoms. The maximum atomic E-state index is 12.2. The zero-order valence-corrected chi connectivity index (χ0v) is 15.7. The van der Waals surface area contributed by atoms with E-state index in [4.69, 9.17) is 9.47 Å². The van der Waals surface area contributed by atoms with Crippen molar-refractivity contribution in [3.8, 4) is 5.69 Å². The summed E-state index contributed by atoms with van der Waals surface area (Å²) in [4.78, 5) is 24.4. The van der Waals surface area contributed by atoms with E-state index in [1.807, 2.05) is 42.5 Å². The van der Waals surface area contributed by atoms with E-state index in [1.54, 1.807) is 13.8 Å². The highest BCUT2D eigenvalue weighted by atomic mass is 32.2. The fraction of sp³-hybridized carbons (Fsp3) is 0.278. The van der Waals surface area contributed by atoms with Gasteiger partial charge in [-0.3, -0.25) is 9.59 Å². The van der Waals surface area contributed by atoms with Gasteiger partial charge in [0.2, 0.25) is 10.4 Å². The van der Waals surface area contributed by atoms with Crippen molar-refractivity contribution in [3.05, 3.63) is 42.5 Å². The van der Waals surface area contributed by atoms with Crippen molar-refractivity contribution < 1.29 is 19.1 Å². The van der Waals surface area contributed by atoms with Crippen LogP contribution in [0.25, 0.3) is 16.5 Å². The van der Waals surface area contributed by atoms with Gasteiger partial charge in [0.25, 0.3) is 0 Å². The van der Waals surface area contributed by atoms with Crippen LogP contribution in [0.15, 0.2) is 47.6 Å². The van der Waals surface area contributed by atoms with E-state index < -0.39 is 17.2 Å². The van der Waals surface area contributed by atoms with Gasteiger partial charge >= 0.3 is 11.9 Å². The molecule has 3 aromatic rings. The number of fused-ring (bicyclic) bond motifs is 1. The van der Waals surface area contributed by atoms with Gasteiger partial charge in [0.1, 0.15) is 0 Å². The zero-order chi connectivity index (χ0) is 19.2. The molecular weight excluding hydrogens is 368 g/mol. The Morgan fingerprint density at radius 2 is 1.70 bits per heavy atom. The van der Waals surface area contributed by atoms with Crippen LogP contribution >= 0.6 is 11.8 Å². The number of rotatable bonds is 7. The molecular formula is C18H18N4O4S. The highest BCUT2D eigenvalue weighted by molar-refractivity contribution is 8.01. The molecule has 0 amide bonds. The van der Waals surface area contributed by atoms with Crippen LogP contribution in [-0.4, -0.2) is 50.6 Å². The van der Waals surface area contributed by atoms with Crippen molar-refractivity contribution in [2.24, 2.45) is 0 Å². The molecule has 1 aromatic heterocycles. The minimum absolute atomic E-state index is 0.156. The summed E-state index contributed by atoms with van der Waals surface area (Å²) < 4.78 is 11.5. The normalized spacial score (nSPS) is 10.9. The number of ether oxygens (including phenoxy) is 2. The Morgan fingerprint density at radius 1 is 1.04 bits per heavy atom. The van der Waals surface area contributed by atoms with Crippen LogP contribution in [0, 0.1) is 0 Å². The number of aromatic nitrogens is 4. The van der Waals surface area contributed by atoms with E-state index in [1.165, 1.54) is 4.68 Å². The molecule has 0 unspecified atom stereocenters. The van der Waals surface area contributed by atoms with E-state index in [-0.39, 0.29) is 18.4 Å². The lowest BCUT2D eigenvalue weighted by atomic mass is 10.1. The number of thioether (sulfide) groups is 1. The molecule has 140 valence electrons. The van der Waals surface area contributed by atoms with E-state index in [9.17, 15) is 9.59 Å². The predicted octanol–water partition coefficient (Wildman–Crippen LogP) is 2.40. The molecule has 0 saturated carbocycles. The molecule has 1 heterocycles. The number of carbonyl (C=O) groups is 2. The standard InChI is InChI=1S/C18H18N4O4S/c1-3-25-16(23)15(17(24)26-4-2)27-18-19-20-21-22(18)14-11-7-9-12-8-5-6-10-13(12)14/h5-11,15H,3-4H2,1-2H3. The van der Waals surface area contributed by atoms with Crippen LogP contribution in [-0.2, 0) is 19.1 Å². The summed E-state index contributed by atoms with van der Waals surface area (Å²) in [5.41, 5.74) is 0.743. The van der Waals surface area contributed by atoms with E-state index in [0.29, 0.717) is 0 Å². The second-order valence-electron chi connectivity index (χ2n) is 5.37. The van der Waals surface area contributed by atoms with Crippen molar-refractivity contribution in [2.45, 2.75) is 24.3 Å². The van der Waals surface area contributed by atoms with Crippen molar-refractivity contribution in [1.29, 1.82) is 0 Å². The van der Waals surface area contributed by atoms with Gasteiger partial charge in [-0.25, -0.2) is 0 Å². The number of nitrogens with zero attached hydrogens (tertiary/aromatic N) is 4. The topological polar surface area (TPSA) is 96.2 Å². The van der Waals surface area contributed by atoms with Crippen molar-refractivity contribution >= 4 is 34.5 Å². The molecule has 27 heavy (non-hydrogen) atoms. The molecule has 0 bridgehead atoms. The minimum atomic E-state index is -1.20. The Balaban J connectivity index is 1.97. The van der Waals surface area contributed by atoms with Gasteiger partial charge in [-0.2, -0.15) is 4.68 Å². The summed E-state index contributed by atoms with van der Waals surface area (Å²) in [5, 5.41) is 12.8. The van der Waals surface area contributed by atoms with Gasteiger partial charge in [-0.15, -0.1) is 5.10 Å². The van der Waals surface area contributed by atoms with Gasteiger partial charge in [-0.1, -0.05) is 48.2 Å². The Hall–Kier alpha value is -2.94. The number of esters is 2. The first-order valence-electron chi connectivity index (χ1n) is 8.42. The first kappa shape index (κ1) is 18.8. The average Bonchev–Trinajstić information content (AvgIpc) is 3.14. The van der Waals surface area contributed by atoms with Crippen LogP contribution in [0.2, 0.25) is 0 Å². The summed E-state index contributed by atoms with van der Waals surface area (Å²) in [6.07, 6.45) is 0. The molecule has 0 aliphatic heterocycles. The fourth-order valence-corrected chi connectivity index (χ4v) is 3.39. The lowest BCUT2D eigenvalue weighted by Gasteiger charge is -2.14. The average molecular weight is 386 g/mol. The Bertz CT molecular complexity index is 936. The van der Waals surface area contributed by atoms with Crippen molar-refractivity contribution in [2.75, 3.05) is 13.2 Å². The molecule has 2 aromatic carbocycles. The van der Waals surface area contributed by atoms with Crippen LogP contribution < -0.4 is 0 Å². The molecule has 0 aliphatic carbocycles. The monoisotopic (exact) mass is 386 g/mol. The predicted molar refractivity (Wildman–Crippen MR) is 99.6 cm³/mol. The summed E-state index contributed by atoms with van der Waals surface area (Å²) in [7, 11) is 0. The van der Waals surface area contributed by atoms with Crippen LogP contribution in [0.1, 0.15) is 13.8 Å². The largest absolute Gasteiger partial charge is 0.465 e. The third-order valence-corrected chi connectivity index (χ3v) is 4.75. The van der Waals surface area contributed by atoms with E-state index in [2.05, 4.69) is 15.5 Å². The number of tetrazole rings is 1. The lowest BCUT2D eigenvalue weighted by molar-refractivity contribution is -0.152. The maximum absolute atomic E-state index is 12.2. The quantitative estimate of drug-likeness (QED) is 0.347. The summed E-state index contributed by atoms with van der Waals surface area (Å²) >= 11 is 0.899. The third kappa shape index (κ3) is 4.08. The smallest absolute Gasteiger partial charge is 0.331 e. The summed E-state index contributed by atoms with van der Waals surface area (Å²) in [5.74, 6) is -1.37. The number of benzene rings is 2. The van der Waals surface area contributed by atoms with Crippen LogP contribution in [0.4, 0.5) is 0 Å². The zero-order valence-electron chi connectivity index (χ0n) is 14.9. The molecule has 9 heteroatoms.